The van der Waals surface area contributed by atoms with E-state index in [9.17, 15) is 0 Å². The normalized spacial score (nSPS) is 32.0. The van der Waals surface area contributed by atoms with E-state index in [0.717, 1.165) is 13.2 Å². The van der Waals surface area contributed by atoms with Gasteiger partial charge in [-0.1, -0.05) is 6.08 Å². The summed E-state index contributed by atoms with van der Waals surface area (Å²) in [5.41, 5.74) is 0. The van der Waals surface area contributed by atoms with E-state index < -0.39 is 0 Å². The summed E-state index contributed by atoms with van der Waals surface area (Å²) in [6.45, 7) is 1.69. The standard InChI is InChI=1S/C7H8OS/c1-3-8-5-6-2-4-9-7(1)6/h1-2,4,6H,3,5H2. The van der Waals surface area contributed by atoms with Gasteiger partial charge in [-0.15, -0.1) is 11.8 Å². The first-order chi connectivity index (χ1) is 4.47. The molecule has 0 N–H and O–H groups in total. The van der Waals surface area contributed by atoms with Crippen molar-refractivity contribution < 1.29 is 4.74 Å². The topological polar surface area (TPSA) is 9.23 Å². The van der Waals surface area contributed by atoms with Gasteiger partial charge in [-0.2, -0.15) is 0 Å². The van der Waals surface area contributed by atoms with Gasteiger partial charge in [-0.3, -0.25) is 0 Å². The molecule has 48 valence electrons. The first-order valence-electron chi connectivity index (χ1n) is 3.08. The Balaban J connectivity index is 2.22. The Morgan fingerprint density at radius 3 is 3.56 bits per heavy atom. The van der Waals surface area contributed by atoms with Crippen molar-refractivity contribution in [2.24, 2.45) is 5.92 Å². The molecule has 0 amide bonds. The third kappa shape index (κ3) is 0.926. The SMILES string of the molecule is C1=CC2COCC=C2S1. The lowest BCUT2D eigenvalue weighted by Gasteiger charge is -2.15. The van der Waals surface area contributed by atoms with Crippen molar-refractivity contribution in [2.45, 2.75) is 0 Å². The summed E-state index contributed by atoms with van der Waals surface area (Å²) in [4.78, 5) is 1.47. The van der Waals surface area contributed by atoms with E-state index in [2.05, 4.69) is 17.6 Å². The first kappa shape index (κ1) is 5.57. The molecule has 0 aromatic rings. The van der Waals surface area contributed by atoms with Crippen LogP contribution in [0.3, 0.4) is 0 Å². The van der Waals surface area contributed by atoms with Crippen LogP contribution in [0.2, 0.25) is 0 Å². The Bertz CT molecular complexity index is 172. The van der Waals surface area contributed by atoms with E-state index in [0.29, 0.717) is 5.92 Å². The van der Waals surface area contributed by atoms with Crippen LogP contribution in [-0.4, -0.2) is 13.2 Å². The van der Waals surface area contributed by atoms with E-state index >= 15 is 0 Å². The Morgan fingerprint density at radius 2 is 2.67 bits per heavy atom. The minimum atomic E-state index is 0.587. The van der Waals surface area contributed by atoms with Crippen molar-refractivity contribution >= 4 is 11.8 Å². The Kier molecular flexibility index (Phi) is 1.36. The van der Waals surface area contributed by atoms with Gasteiger partial charge in [-0.05, 0) is 16.4 Å². The Labute approximate surface area is 58.8 Å². The largest absolute Gasteiger partial charge is 0.376 e. The fourth-order valence-corrected chi connectivity index (χ4v) is 1.98. The van der Waals surface area contributed by atoms with Gasteiger partial charge in [0, 0.05) is 5.92 Å². The first-order valence-corrected chi connectivity index (χ1v) is 3.96. The van der Waals surface area contributed by atoms with E-state index in [1.807, 2.05) is 11.8 Å². The van der Waals surface area contributed by atoms with Gasteiger partial charge in [0.1, 0.15) is 0 Å². The van der Waals surface area contributed by atoms with Crippen molar-refractivity contribution in [3.05, 3.63) is 22.5 Å². The van der Waals surface area contributed by atoms with Gasteiger partial charge in [0.2, 0.25) is 0 Å². The molecule has 2 aliphatic rings. The number of thioether (sulfide) groups is 1. The number of hydrogen-bond donors (Lipinski definition) is 0. The number of hydrogen-bond acceptors (Lipinski definition) is 2. The van der Waals surface area contributed by atoms with Gasteiger partial charge in [0.05, 0.1) is 13.2 Å². The molecule has 0 aliphatic carbocycles. The molecule has 0 aromatic heterocycles. The second-order valence-electron chi connectivity index (χ2n) is 2.20. The number of rotatable bonds is 0. The zero-order valence-corrected chi connectivity index (χ0v) is 5.86. The maximum absolute atomic E-state index is 5.24. The second-order valence-corrected chi connectivity index (χ2v) is 3.18. The highest BCUT2D eigenvalue weighted by Crippen LogP contribution is 2.35. The van der Waals surface area contributed by atoms with Crippen LogP contribution in [0.25, 0.3) is 0 Å². The van der Waals surface area contributed by atoms with Crippen LogP contribution in [0, 0.1) is 5.92 Å². The van der Waals surface area contributed by atoms with Crippen LogP contribution < -0.4 is 0 Å². The average Bonchev–Trinajstić information content (AvgIpc) is 2.33. The Morgan fingerprint density at radius 1 is 1.67 bits per heavy atom. The molecule has 2 heterocycles. The van der Waals surface area contributed by atoms with Gasteiger partial charge >= 0.3 is 0 Å². The maximum Gasteiger partial charge on any atom is 0.0658 e. The lowest BCUT2D eigenvalue weighted by molar-refractivity contribution is 0.138. The average molecular weight is 140 g/mol. The van der Waals surface area contributed by atoms with Gasteiger partial charge in [0.15, 0.2) is 0 Å². The van der Waals surface area contributed by atoms with Crippen LogP contribution in [0.1, 0.15) is 0 Å². The predicted molar refractivity (Wildman–Crippen MR) is 39.1 cm³/mol. The third-order valence-corrected chi connectivity index (χ3v) is 2.62. The van der Waals surface area contributed by atoms with E-state index in [1.165, 1.54) is 4.91 Å². The predicted octanol–water partition coefficient (Wildman–Crippen LogP) is 1.78. The molecule has 0 fully saturated rings. The van der Waals surface area contributed by atoms with Crippen LogP contribution in [-0.2, 0) is 4.74 Å². The fourth-order valence-electron chi connectivity index (χ4n) is 1.07. The summed E-state index contributed by atoms with van der Waals surface area (Å²) in [5, 5.41) is 2.14. The maximum atomic E-state index is 5.24. The summed E-state index contributed by atoms with van der Waals surface area (Å²) in [6, 6.07) is 0. The molecule has 2 heteroatoms. The molecule has 2 rings (SSSR count). The molecule has 0 saturated heterocycles. The van der Waals surface area contributed by atoms with Gasteiger partial charge < -0.3 is 4.74 Å². The lowest BCUT2D eigenvalue weighted by Crippen LogP contribution is -2.11. The third-order valence-electron chi connectivity index (χ3n) is 1.58. The molecule has 1 atom stereocenters. The van der Waals surface area contributed by atoms with Crippen molar-refractivity contribution in [1.29, 1.82) is 0 Å². The zero-order valence-electron chi connectivity index (χ0n) is 5.04. The van der Waals surface area contributed by atoms with Crippen LogP contribution in [0.15, 0.2) is 22.5 Å². The van der Waals surface area contributed by atoms with Crippen LogP contribution in [0.5, 0.6) is 0 Å². The zero-order chi connectivity index (χ0) is 6.10. The Hall–Kier alpha value is -0.210. The summed E-state index contributed by atoms with van der Waals surface area (Å²) >= 11 is 1.83. The quantitative estimate of drug-likeness (QED) is 0.507. The highest BCUT2D eigenvalue weighted by Gasteiger charge is 2.18. The summed E-state index contributed by atoms with van der Waals surface area (Å²) < 4.78 is 5.24. The van der Waals surface area contributed by atoms with E-state index in [4.69, 9.17) is 4.74 Å². The summed E-state index contributed by atoms with van der Waals surface area (Å²) in [6.07, 6.45) is 4.37. The van der Waals surface area contributed by atoms with E-state index in [-0.39, 0.29) is 0 Å². The monoisotopic (exact) mass is 140 g/mol. The summed E-state index contributed by atoms with van der Waals surface area (Å²) in [7, 11) is 0. The molecule has 0 bridgehead atoms. The highest BCUT2D eigenvalue weighted by atomic mass is 32.2. The number of fused-ring (bicyclic) bond motifs is 1. The van der Waals surface area contributed by atoms with Crippen molar-refractivity contribution in [3.8, 4) is 0 Å². The molecule has 1 nitrogen and oxygen atoms in total. The van der Waals surface area contributed by atoms with Gasteiger partial charge in [0.25, 0.3) is 0 Å². The van der Waals surface area contributed by atoms with Crippen LogP contribution >= 0.6 is 11.8 Å². The van der Waals surface area contributed by atoms with Crippen molar-refractivity contribution in [3.63, 3.8) is 0 Å². The molecular weight excluding hydrogens is 132 g/mol. The smallest absolute Gasteiger partial charge is 0.0658 e. The molecule has 0 saturated carbocycles. The van der Waals surface area contributed by atoms with Gasteiger partial charge in [-0.25, -0.2) is 0 Å². The molecule has 0 radical (unpaired) electrons. The molecule has 9 heavy (non-hydrogen) atoms. The van der Waals surface area contributed by atoms with Crippen molar-refractivity contribution in [2.75, 3.05) is 13.2 Å². The molecular formula is C7H8OS. The molecule has 0 aromatic carbocycles. The van der Waals surface area contributed by atoms with Crippen LogP contribution in [0.4, 0.5) is 0 Å². The van der Waals surface area contributed by atoms with E-state index in [1.54, 1.807) is 0 Å². The lowest BCUT2D eigenvalue weighted by atomic mass is 10.1. The minimum absolute atomic E-state index is 0.587. The molecule has 2 aliphatic heterocycles. The highest BCUT2D eigenvalue weighted by molar-refractivity contribution is 8.06. The second kappa shape index (κ2) is 2.20. The fraction of sp³-hybridized carbons (Fsp3) is 0.429. The minimum Gasteiger partial charge on any atom is -0.376 e. The van der Waals surface area contributed by atoms with Crippen molar-refractivity contribution in [1.82, 2.24) is 0 Å². The summed E-state index contributed by atoms with van der Waals surface area (Å²) in [5.74, 6) is 0.587. The molecule has 1 unspecified atom stereocenters. The molecule has 0 spiro atoms. The number of ether oxygens (including phenoxy) is 1.